The lowest BCUT2D eigenvalue weighted by Gasteiger charge is -2.37. The molecule has 1 spiro atoms. The first-order valence-corrected chi connectivity index (χ1v) is 10.1. The average molecular weight is 406 g/mol. The van der Waals surface area contributed by atoms with E-state index < -0.39 is 11.7 Å². The van der Waals surface area contributed by atoms with Crippen LogP contribution in [0.1, 0.15) is 49.5 Å². The summed E-state index contributed by atoms with van der Waals surface area (Å²) in [5, 5.41) is 0. The molecule has 5 rings (SSSR count). The van der Waals surface area contributed by atoms with Gasteiger partial charge in [-0.15, -0.1) is 0 Å². The zero-order valence-electron chi connectivity index (χ0n) is 16.7. The molecule has 7 nitrogen and oxygen atoms in total. The number of aryl methyl sites for hydroxylation is 1. The van der Waals surface area contributed by atoms with Crippen LogP contribution in [0.5, 0.6) is 0 Å². The van der Waals surface area contributed by atoms with E-state index >= 15 is 0 Å². The largest absolute Gasteiger partial charge is 0.347 e. The van der Waals surface area contributed by atoms with Crippen LogP contribution in [-0.4, -0.2) is 54.7 Å². The van der Waals surface area contributed by atoms with Crippen molar-refractivity contribution in [2.75, 3.05) is 31.2 Å². The Kier molecular flexibility index (Phi) is 4.45. The Morgan fingerprint density at radius 1 is 0.933 bits per heavy atom. The number of anilines is 1. The molecule has 3 heterocycles. The van der Waals surface area contributed by atoms with Crippen molar-refractivity contribution in [3.05, 3.63) is 64.7 Å². The topological polar surface area (TPSA) is 76.2 Å². The standard InChI is InChI=1S/C23H22N2O5/c1-15-4-2-3-5-19(15)25-21(27)17-7-6-16(14-18(17)22(25)28)20(26)24-10-8-23(9-11-24)29-12-13-30-23/h2-7,14H,8-13H2,1H3. The van der Waals surface area contributed by atoms with Gasteiger partial charge in [0.1, 0.15) is 0 Å². The number of amides is 3. The number of carbonyl (C=O) groups excluding carboxylic acids is 3. The molecule has 0 atom stereocenters. The normalized spacial score (nSPS) is 20.2. The quantitative estimate of drug-likeness (QED) is 0.717. The van der Waals surface area contributed by atoms with E-state index in [1.54, 1.807) is 35.2 Å². The maximum Gasteiger partial charge on any atom is 0.266 e. The van der Waals surface area contributed by atoms with E-state index in [2.05, 4.69) is 0 Å². The molecular formula is C23H22N2O5. The second kappa shape index (κ2) is 7.04. The van der Waals surface area contributed by atoms with Crippen LogP contribution in [0.3, 0.4) is 0 Å². The van der Waals surface area contributed by atoms with E-state index in [9.17, 15) is 14.4 Å². The summed E-state index contributed by atoms with van der Waals surface area (Å²) < 4.78 is 11.4. The highest BCUT2D eigenvalue weighted by molar-refractivity contribution is 6.35. The third-order valence-electron chi connectivity index (χ3n) is 6.12. The Labute approximate surface area is 174 Å². The van der Waals surface area contributed by atoms with Gasteiger partial charge in [0.25, 0.3) is 17.7 Å². The zero-order chi connectivity index (χ0) is 20.9. The monoisotopic (exact) mass is 406 g/mol. The van der Waals surface area contributed by atoms with Crippen LogP contribution in [0.25, 0.3) is 0 Å². The number of para-hydroxylation sites is 1. The van der Waals surface area contributed by atoms with Crippen molar-refractivity contribution in [2.24, 2.45) is 0 Å². The first-order valence-electron chi connectivity index (χ1n) is 10.1. The number of carbonyl (C=O) groups is 3. The van der Waals surface area contributed by atoms with Crippen molar-refractivity contribution in [1.29, 1.82) is 0 Å². The number of piperidine rings is 1. The Hall–Kier alpha value is -3.03. The molecule has 30 heavy (non-hydrogen) atoms. The minimum atomic E-state index is -0.550. The molecule has 2 aromatic rings. The molecule has 7 heteroatoms. The molecule has 0 saturated carbocycles. The number of benzene rings is 2. The highest BCUT2D eigenvalue weighted by atomic mass is 16.7. The summed E-state index contributed by atoms with van der Waals surface area (Å²) in [6.07, 6.45) is 1.25. The molecular weight excluding hydrogens is 384 g/mol. The highest BCUT2D eigenvalue weighted by Gasteiger charge is 2.42. The summed E-state index contributed by atoms with van der Waals surface area (Å²) in [4.78, 5) is 41.9. The number of rotatable bonds is 2. The Morgan fingerprint density at radius 2 is 1.60 bits per heavy atom. The van der Waals surface area contributed by atoms with Crippen LogP contribution in [-0.2, 0) is 9.47 Å². The Balaban J connectivity index is 1.38. The van der Waals surface area contributed by atoms with Gasteiger partial charge in [-0.25, -0.2) is 4.90 Å². The molecule has 2 aromatic carbocycles. The highest BCUT2D eigenvalue weighted by Crippen LogP contribution is 2.33. The molecule has 3 aliphatic rings. The number of ether oxygens (including phenoxy) is 2. The molecule has 3 amide bonds. The van der Waals surface area contributed by atoms with Crippen molar-refractivity contribution in [2.45, 2.75) is 25.6 Å². The lowest BCUT2D eigenvalue weighted by atomic mass is 10.0. The van der Waals surface area contributed by atoms with Gasteiger partial charge in [-0.3, -0.25) is 14.4 Å². The van der Waals surface area contributed by atoms with Gasteiger partial charge < -0.3 is 14.4 Å². The second-order valence-electron chi connectivity index (χ2n) is 7.89. The lowest BCUT2D eigenvalue weighted by molar-refractivity contribution is -0.181. The summed E-state index contributed by atoms with van der Waals surface area (Å²) in [5.41, 5.74) is 2.40. The third kappa shape index (κ3) is 2.93. The van der Waals surface area contributed by atoms with Gasteiger partial charge in [-0.2, -0.15) is 0 Å². The summed E-state index contributed by atoms with van der Waals surface area (Å²) >= 11 is 0. The number of hydrogen-bond acceptors (Lipinski definition) is 5. The van der Waals surface area contributed by atoms with Crippen molar-refractivity contribution in [3.8, 4) is 0 Å². The molecule has 2 saturated heterocycles. The lowest BCUT2D eigenvalue weighted by Crippen LogP contribution is -2.47. The fourth-order valence-electron chi connectivity index (χ4n) is 4.43. The molecule has 0 bridgehead atoms. The third-order valence-corrected chi connectivity index (χ3v) is 6.12. The van der Waals surface area contributed by atoms with Gasteiger partial charge in [0, 0.05) is 31.5 Å². The number of likely N-dealkylation sites (tertiary alicyclic amines) is 1. The predicted octanol–water partition coefficient (Wildman–Crippen LogP) is 2.77. The molecule has 3 aliphatic heterocycles. The molecule has 0 aromatic heterocycles. The van der Waals surface area contributed by atoms with E-state index in [0.29, 0.717) is 56.0 Å². The van der Waals surface area contributed by atoms with Gasteiger partial charge in [0.05, 0.1) is 30.0 Å². The van der Waals surface area contributed by atoms with Crippen molar-refractivity contribution in [1.82, 2.24) is 4.90 Å². The SMILES string of the molecule is Cc1ccccc1N1C(=O)c2ccc(C(=O)N3CCC4(CC3)OCCO4)cc2C1=O. The van der Waals surface area contributed by atoms with Crippen LogP contribution in [0, 0.1) is 6.92 Å². The summed E-state index contributed by atoms with van der Waals surface area (Å²) in [6.45, 7) is 4.09. The van der Waals surface area contributed by atoms with Crippen LogP contribution in [0.2, 0.25) is 0 Å². The predicted molar refractivity (Wildman–Crippen MR) is 109 cm³/mol. The van der Waals surface area contributed by atoms with Gasteiger partial charge in [-0.1, -0.05) is 18.2 Å². The number of fused-ring (bicyclic) bond motifs is 1. The van der Waals surface area contributed by atoms with E-state index in [0.717, 1.165) is 5.56 Å². The molecule has 0 radical (unpaired) electrons. The van der Waals surface area contributed by atoms with Crippen LogP contribution in [0.4, 0.5) is 5.69 Å². The maximum absolute atomic E-state index is 13.0. The number of imide groups is 1. The zero-order valence-corrected chi connectivity index (χ0v) is 16.7. The Bertz CT molecular complexity index is 1050. The van der Waals surface area contributed by atoms with E-state index in [1.807, 2.05) is 19.1 Å². The first-order chi connectivity index (χ1) is 14.5. The maximum atomic E-state index is 13.0. The molecule has 2 fully saturated rings. The van der Waals surface area contributed by atoms with Crippen LogP contribution in [0.15, 0.2) is 42.5 Å². The fraction of sp³-hybridized carbons (Fsp3) is 0.348. The fourth-order valence-corrected chi connectivity index (χ4v) is 4.43. The smallest absolute Gasteiger partial charge is 0.266 e. The number of hydrogen-bond donors (Lipinski definition) is 0. The Morgan fingerprint density at radius 3 is 2.30 bits per heavy atom. The first kappa shape index (κ1) is 19.0. The van der Waals surface area contributed by atoms with E-state index in [-0.39, 0.29) is 17.4 Å². The number of nitrogens with zero attached hydrogens (tertiary/aromatic N) is 2. The minimum Gasteiger partial charge on any atom is -0.347 e. The summed E-state index contributed by atoms with van der Waals surface area (Å²) in [7, 11) is 0. The van der Waals surface area contributed by atoms with Gasteiger partial charge in [0.2, 0.25) is 0 Å². The van der Waals surface area contributed by atoms with Gasteiger partial charge in [-0.05, 0) is 36.8 Å². The summed E-state index contributed by atoms with van der Waals surface area (Å²) in [5.74, 6) is -1.46. The van der Waals surface area contributed by atoms with Crippen LogP contribution >= 0.6 is 0 Å². The van der Waals surface area contributed by atoms with Crippen LogP contribution < -0.4 is 4.90 Å². The van der Waals surface area contributed by atoms with Gasteiger partial charge >= 0.3 is 0 Å². The second-order valence-corrected chi connectivity index (χ2v) is 7.89. The molecule has 154 valence electrons. The van der Waals surface area contributed by atoms with E-state index in [4.69, 9.17) is 9.47 Å². The molecule has 0 unspecified atom stereocenters. The van der Waals surface area contributed by atoms with Gasteiger partial charge in [0.15, 0.2) is 5.79 Å². The molecule has 0 N–H and O–H groups in total. The van der Waals surface area contributed by atoms with Crippen molar-refractivity contribution in [3.63, 3.8) is 0 Å². The average Bonchev–Trinajstić information content (AvgIpc) is 3.31. The van der Waals surface area contributed by atoms with Crippen molar-refractivity contribution >= 4 is 23.4 Å². The molecule has 0 aliphatic carbocycles. The van der Waals surface area contributed by atoms with E-state index in [1.165, 1.54) is 4.90 Å². The van der Waals surface area contributed by atoms with Crippen molar-refractivity contribution < 1.29 is 23.9 Å². The summed E-state index contributed by atoms with van der Waals surface area (Å²) in [6, 6.07) is 12.0. The minimum absolute atomic E-state index is 0.153.